The molecule has 4 nitrogen and oxygen atoms in total. The molecule has 1 fully saturated rings. The highest BCUT2D eigenvalue weighted by atomic mass is 15.2. The Morgan fingerprint density at radius 1 is 0.905 bits per heavy atom. The van der Waals surface area contributed by atoms with Crippen LogP contribution in [0.15, 0.2) is 48.8 Å². The third kappa shape index (κ3) is 2.23. The first-order chi connectivity index (χ1) is 10.4. The van der Waals surface area contributed by atoms with Gasteiger partial charge in [0.1, 0.15) is 5.82 Å². The number of pyridine rings is 1. The zero-order chi connectivity index (χ0) is 14.1. The van der Waals surface area contributed by atoms with Gasteiger partial charge in [-0.3, -0.25) is 4.98 Å². The highest BCUT2D eigenvalue weighted by Crippen LogP contribution is 2.29. The zero-order valence-electron chi connectivity index (χ0n) is 11.7. The van der Waals surface area contributed by atoms with Crippen LogP contribution in [0.5, 0.6) is 0 Å². The summed E-state index contributed by atoms with van der Waals surface area (Å²) >= 11 is 0. The molecular formula is C17H16N4. The number of anilines is 1. The molecule has 2 aromatic heterocycles. The molecule has 21 heavy (non-hydrogen) atoms. The van der Waals surface area contributed by atoms with Crippen LogP contribution in [-0.2, 0) is 0 Å². The summed E-state index contributed by atoms with van der Waals surface area (Å²) in [7, 11) is 0. The first-order valence-corrected chi connectivity index (χ1v) is 7.34. The lowest BCUT2D eigenvalue weighted by atomic mass is 10.2. The summed E-state index contributed by atoms with van der Waals surface area (Å²) in [4.78, 5) is 16.1. The molecule has 1 aromatic carbocycles. The van der Waals surface area contributed by atoms with Crippen LogP contribution in [0.2, 0.25) is 0 Å². The van der Waals surface area contributed by atoms with E-state index in [1.165, 1.54) is 12.8 Å². The summed E-state index contributed by atoms with van der Waals surface area (Å²) < 4.78 is 0. The molecule has 0 radical (unpaired) electrons. The van der Waals surface area contributed by atoms with Gasteiger partial charge in [0.2, 0.25) is 0 Å². The standard InChI is InChI=1S/C17H16N4/c1-2-8-15-14(7-1)17(21-10-3-4-11-21)20-16(19-15)13-6-5-9-18-12-13/h1-2,5-9,12H,3-4,10-11H2. The van der Waals surface area contributed by atoms with Crippen LogP contribution in [0.3, 0.4) is 0 Å². The lowest BCUT2D eigenvalue weighted by Crippen LogP contribution is -2.19. The average Bonchev–Trinajstić information content (AvgIpc) is 3.09. The van der Waals surface area contributed by atoms with E-state index in [-0.39, 0.29) is 0 Å². The summed E-state index contributed by atoms with van der Waals surface area (Å²) in [6, 6.07) is 12.2. The number of aromatic nitrogens is 3. The molecule has 1 aliphatic heterocycles. The molecule has 3 aromatic rings. The predicted octanol–water partition coefficient (Wildman–Crippen LogP) is 3.29. The maximum absolute atomic E-state index is 4.83. The van der Waals surface area contributed by atoms with Gasteiger partial charge < -0.3 is 4.90 Å². The minimum Gasteiger partial charge on any atom is -0.356 e. The largest absolute Gasteiger partial charge is 0.356 e. The normalized spacial score (nSPS) is 14.8. The van der Waals surface area contributed by atoms with Crippen LogP contribution in [0, 0.1) is 0 Å². The van der Waals surface area contributed by atoms with E-state index in [0.29, 0.717) is 0 Å². The van der Waals surface area contributed by atoms with Crippen LogP contribution >= 0.6 is 0 Å². The first-order valence-electron chi connectivity index (χ1n) is 7.34. The molecule has 0 bridgehead atoms. The molecule has 0 saturated carbocycles. The monoisotopic (exact) mass is 276 g/mol. The Balaban J connectivity index is 1.93. The van der Waals surface area contributed by atoms with E-state index < -0.39 is 0 Å². The molecule has 0 spiro atoms. The molecule has 4 heteroatoms. The average molecular weight is 276 g/mol. The summed E-state index contributed by atoms with van der Waals surface area (Å²) in [6.45, 7) is 2.15. The van der Waals surface area contributed by atoms with Crippen molar-refractivity contribution >= 4 is 16.7 Å². The number of para-hydroxylation sites is 1. The molecule has 1 saturated heterocycles. The Labute approximate surface area is 123 Å². The smallest absolute Gasteiger partial charge is 0.163 e. The quantitative estimate of drug-likeness (QED) is 0.720. The summed E-state index contributed by atoms with van der Waals surface area (Å²) in [6.07, 6.45) is 6.06. The third-order valence-corrected chi connectivity index (χ3v) is 3.91. The number of rotatable bonds is 2. The summed E-state index contributed by atoms with van der Waals surface area (Å²) in [5.41, 5.74) is 1.96. The second-order valence-electron chi connectivity index (χ2n) is 5.32. The maximum Gasteiger partial charge on any atom is 0.163 e. The van der Waals surface area contributed by atoms with Crippen LogP contribution in [-0.4, -0.2) is 28.0 Å². The molecular weight excluding hydrogens is 260 g/mol. The van der Waals surface area contributed by atoms with Crippen molar-refractivity contribution in [3.8, 4) is 11.4 Å². The van der Waals surface area contributed by atoms with Gasteiger partial charge in [0.15, 0.2) is 5.82 Å². The van der Waals surface area contributed by atoms with E-state index in [1.54, 1.807) is 6.20 Å². The second-order valence-corrected chi connectivity index (χ2v) is 5.32. The molecule has 1 aliphatic rings. The number of hydrogen-bond donors (Lipinski definition) is 0. The van der Waals surface area contributed by atoms with Crippen LogP contribution < -0.4 is 4.90 Å². The third-order valence-electron chi connectivity index (χ3n) is 3.91. The van der Waals surface area contributed by atoms with Crippen molar-refractivity contribution in [2.24, 2.45) is 0 Å². The van der Waals surface area contributed by atoms with Crippen molar-refractivity contribution in [3.63, 3.8) is 0 Å². The van der Waals surface area contributed by atoms with Gasteiger partial charge in [0.25, 0.3) is 0 Å². The molecule has 0 atom stereocenters. The first kappa shape index (κ1) is 12.3. The minimum atomic E-state index is 0.753. The van der Waals surface area contributed by atoms with Crippen LogP contribution in [0.4, 0.5) is 5.82 Å². The highest BCUT2D eigenvalue weighted by Gasteiger charge is 2.18. The van der Waals surface area contributed by atoms with E-state index >= 15 is 0 Å². The maximum atomic E-state index is 4.83. The predicted molar refractivity (Wildman–Crippen MR) is 84.2 cm³/mol. The fraction of sp³-hybridized carbons (Fsp3) is 0.235. The van der Waals surface area contributed by atoms with E-state index in [4.69, 9.17) is 9.97 Å². The Bertz CT molecular complexity index is 764. The Morgan fingerprint density at radius 3 is 2.57 bits per heavy atom. The van der Waals surface area contributed by atoms with Gasteiger partial charge in [0.05, 0.1) is 5.52 Å². The number of hydrogen-bond acceptors (Lipinski definition) is 4. The van der Waals surface area contributed by atoms with Gasteiger partial charge in [-0.1, -0.05) is 12.1 Å². The molecule has 0 N–H and O–H groups in total. The number of benzene rings is 1. The van der Waals surface area contributed by atoms with Crippen LogP contribution in [0.1, 0.15) is 12.8 Å². The summed E-state index contributed by atoms with van der Waals surface area (Å²) in [5.74, 6) is 1.81. The topological polar surface area (TPSA) is 41.9 Å². The van der Waals surface area contributed by atoms with Gasteiger partial charge in [0, 0.05) is 36.4 Å². The Kier molecular flexibility index (Phi) is 2.99. The Morgan fingerprint density at radius 2 is 1.76 bits per heavy atom. The molecule has 4 rings (SSSR count). The lowest BCUT2D eigenvalue weighted by Gasteiger charge is -2.19. The minimum absolute atomic E-state index is 0.753. The fourth-order valence-corrected chi connectivity index (χ4v) is 2.85. The van der Waals surface area contributed by atoms with Gasteiger partial charge in [-0.15, -0.1) is 0 Å². The van der Waals surface area contributed by atoms with Gasteiger partial charge >= 0.3 is 0 Å². The number of fused-ring (bicyclic) bond motifs is 1. The SMILES string of the molecule is c1cncc(-c2nc(N3CCCC3)c3ccccc3n2)c1. The summed E-state index contributed by atoms with van der Waals surface area (Å²) in [5, 5.41) is 1.13. The fourth-order valence-electron chi connectivity index (χ4n) is 2.85. The van der Waals surface area contributed by atoms with Crippen molar-refractivity contribution in [2.75, 3.05) is 18.0 Å². The molecule has 0 aliphatic carbocycles. The molecule has 3 heterocycles. The second kappa shape index (κ2) is 5.13. The lowest BCUT2D eigenvalue weighted by molar-refractivity contribution is 0.941. The van der Waals surface area contributed by atoms with Crippen molar-refractivity contribution in [1.82, 2.24) is 15.0 Å². The van der Waals surface area contributed by atoms with Crippen molar-refractivity contribution < 1.29 is 0 Å². The van der Waals surface area contributed by atoms with E-state index in [0.717, 1.165) is 41.2 Å². The van der Waals surface area contributed by atoms with E-state index in [1.807, 2.05) is 24.4 Å². The van der Waals surface area contributed by atoms with E-state index in [9.17, 15) is 0 Å². The molecule has 0 amide bonds. The Hall–Kier alpha value is -2.49. The highest BCUT2D eigenvalue weighted by molar-refractivity contribution is 5.91. The van der Waals surface area contributed by atoms with Crippen LogP contribution in [0.25, 0.3) is 22.3 Å². The van der Waals surface area contributed by atoms with E-state index in [2.05, 4.69) is 28.1 Å². The molecule has 104 valence electrons. The van der Waals surface area contributed by atoms with Gasteiger partial charge in [-0.05, 0) is 37.1 Å². The molecule has 0 unspecified atom stereocenters. The zero-order valence-corrected chi connectivity index (χ0v) is 11.7. The van der Waals surface area contributed by atoms with Crippen molar-refractivity contribution in [2.45, 2.75) is 12.8 Å². The van der Waals surface area contributed by atoms with Crippen molar-refractivity contribution in [3.05, 3.63) is 48.8 Å². The van der Waals surface area contributed by atoms with Gasteiger partial charge in [-0.25, -0.2) is 9.97 Å². The van der Waals surface area contributed by atoms with Gasteiger partial charge in [-0.2, -0.15) is 0 Å². The van der Waals surface area contributed by atoms with Crippen molar-refractivity contribution in [1.29, 1.82) is 0 Å². The number of nitrogens with zero attached hydrogens (tertiary/aromatic N) is 4.